The second-order valence-corrected chi connectivity index (χ2v) is 6.66. The summed E-state index contributed by atoms with van der Waals surface area (Å²) < 4.78 is 0. The summed E-state index contributed by atoms with van der Waals surface area (Å²) in [7, 11) is 4.30. The number of nitrogens with zero attached hydrogens (tertiary/aromatic N) is 1. The zero-order chi connectivity index (χ0) is 15.6. The Hall–Kier alpha value is -1.80. The second-order valence-electron chi connectivity index (χ2n) is 6.66. The zero-order valence-electron chi connectivity index (χ0n) is 13.8. The van der Waals surface area contributed by atoms with Crippen molar-refractivity contribution in [1.29, 1.82) is 0 Å². The van der Waals surface area contributed by atoms with Gasteiger partial charge in [-0.3, -0.25) is 0 Å². The third-order valence-electron chi connectivity index (χ3n) is 4.98. The molecule has 0 radical (unpaired) electrons. The minimum Gasteiger partial charge on any atom is -0.381 e. The molecule has 2 atom stereocenters. The normalized spacial score (nSPS) is 23.4. The van der Waals surface area contributed by atoms with E-state index in [0.717, 1.165) is 6.54 Å². The molecule has 1 N–H and O–H groups in total. The molecule has 2 unspecified atom stereocenters. The van der Waals surface area contributed by atoms with Gasteiger partial charge in [0.1, 0.15) is 0 Å². The summed E-state index contributed by atoms with van der Waals surface area (Å²) in [5, 5.41) is 3.71. The molecular weight excluding hydrogens is 268 g/mol. The van der Waals surface area contributed by atoms with Gasteiger partial charge < -0.3 is 10.2 Å². The fourth-order valence-electron chi connectivity index (χ4n) is 3.90. The van der Waals surface area contributed by atoms with E-state index in [1.54, 1.807) is 0 Å². The third-order valence-corrected chi connectivity index (χ3v) is 4.98. The van der Waals surface area contributed by atoms with Crippen molar-refractivity contribution in [2.75, 3.05) is 26.0 Å². The van der Waals surface area contributed by atoms with Crippen LogP contribution in [0.5, 0.6) is 0 Å². The first-order valence-electron chi connectivity index (χ1n) is 8.21. The number of hydrogen-bond donors (Lipinski definition) is 1. The summed E-state index contributed by atoms with van der Waals surface area (Å²) in [6.07, 6.45) is 2.36. The number of para-hydroxylation sites is 1. The number of rotatable bonds is 5. The van der Waals surface area contributed by atoms with Crippen LogP contribution in [0.15, 0.2) is 54.6 Å². The van der Waals surface area contributed by atoms with Gasteiger partial charge in [-0.2, -0.15) is 0 Å². The highest BCUT2D eigenvalue weighted by molar-refractivity contribution is 5.65. The van der Waals surface area contributed by atoms with Gasteiger partial charge in [0.2, 0.25) is 0 Å². The summed E-state index contributed by atoms with van der Waals surface area (Å²) in [5.74, 6) is 0. The van der Waals surface area contributed by atoms with Gasteiger partial charge in [0, 0.05) is 17.1 Å². The fourth-order valence-corrected chi connectivity index (χ4v) is 3.90. The van der Waals surface area contributed by atoms with E-state index >= 15 is 0 Å². The van der Waals surface area contributed by atoms with Gasteiger partial charge in [-0.05, 0) is 57.6 Å². The van der Waals surface area contributed by atoms with Crippen LogP contribution in [-0.4, -0.2) is 31.6 Å². The van der Waals surface area contributed by atoms with E-state index < -0.39 is 0 Å². The number of hydrogen-bond acceptors (Lipinski definition) is 2. The molecule has 0 bridgehead atoms. The molecule has 0 saturated carbocycles. The molecule has 0 saturated heterocycles. The Morgan fingerprint density at radius 3 is 2.41 bits per heavy atom. The number of benzene rings is 2. The number of nitrogens with one attached hydrogen (secondary N) is 1. The van der Waals surface area contributed by atoms with Gasteiger partial charge in [0.05, 0.1) is 0 Å². The van der Waals surface area contributed by atoms with Crippen LogP contribution in [0.3, 0.4) is 0 Å². The van der Waals surface area contributed by atoms with E-state index in [2.05, 4.69) is 85.8 Å². The van der Waals surface area contributed by atoms with E-state index in [1.807, 2.05) is 0 Å². The van der Waals surface area contributed by atoms with Gasteiger partial charge in [-0.25, -0.2) is 0 Å². The highest BCUT2D eigenvalue weighted by Crippen LogP contribution is 2.48. The standard InChI is InChI=1S/C20H26N2/c1-16-20(14-9-15-22(2)3,17-10-5-4-6-11-17)18-12-7-8-13-19(18)21-16/h4-8,10-13,16,21H,9,14-15H2,1-3H3. The van der Waals surface area contributed by atoms with Crippen molar-refractivity contribution >= 4 is 5.69 Å². The predicted molar refractivity (Wildman–Crippen MR) is 94.5 cm³/mol. The summed E-state index contributed by atoms with van der Waals surface area (Å²) in [4.78, 5) is 2.28. The van der Waals surface area contributed by atoms with Crippen LogP contribution >= 0.6 is 0 Å². The van der Waals surface area contributed by atoms with E-state index in [0.29, 0.717) is 6.04 Å². The zero-order valence-corrected chi connectivity index (χ0v) is 13.8. The largest absolute Gasteiger partial charge is 0.381 e. The van der Waals surface area contributed by atoms with Crippen LogP contribution in [0.2, 0.25) is 0 Å². The molecule has 0 fully saturated rings. The molecule has 2 nitrogen and oxygen atoms in total. The van der Waals surface area contributed by atoms with Crippen LogP contribution in [0.1, 0.15) is 30.9 Å². The predicted octanol–water partition coefficient (Wildman–Crippen LogP) is 4.13. The number of fused-ring (bicyclic) bond motifs is 1. The fraction of sp³-hybridized carbons (Fsp3) is 0.400. The molecule has 2 aromatic rings. The summed E-state index contributed by atoms with van der Waals surface area (Å²) in [5.41, 5.74) is 4.25. The minimum absolute atomic E-state index is 0.0772. The average molecular weight is 294 g/mol. The highest BCUT2D eigenvalue weighted by atomic mass is 15.0. The monoisotopic (exact) mass is 294 g/mol. The summed E-state index contributed by atoms with van der Waals surface area (Å²) in [6, 6.07) is 20.2. The molecule has 0 aliphatic carbocycles. The maximum Gasteiger partial charge on any atom is 0.0422 e. The molecule has 2 heteroatoms. The first-order chi connectivity index (χ1) is 10.6. The molecule has 2 aromatic carbocycles. The highest BCUT2D eigenvalue weighted by Gasteiger charge is 2.45. The average Bonchev–Trinajstić information content (AvgIpc) is 2.81. The van der Waals surface area contributed by atoms with Crippen LogP contribution in [0.4, 0.5) is 5.69 Å². The molecular formula is C20H26N2. The van der Waals surface area contributed by atoms with Crippen molar-refractivity contribution in [3.8, 4) is 0 Å². The van der Waals surface area contributed by atoms with Crippen LogP contribution in [0, 0.1) is 0 Å². The maximum absolute atomic E-state index is 3.71. The Labute approximate surface area is 134 Å². The Morgan fingerprint density at radius 2 is 1.68 bits per heavy atom. The Morgan fingerprint density at radius 1 is 1.00 bits per heavy atom. The smallest absolute Gasteiger partial charge is 0.0422 e. The van der Waals surface area contributed by atoms with E-state index in [4.69, 9.17) is 0 Å². The molecule has 22 heavy (non-hydrogen) atoms. The van der Waals surface area contributed by atoms with Crippen molar-refractivity contribution in [3.63, 3.8) is 0 Å². The second kappa shape index (κ2) is 6.13. The minimum atomic E-state index is 0.0772. The molecule has 0 spiro atoms. The van der Waals surface area contributed by atoms with Crippen LogP contribution in [0.25, 0.3) is 0 Å². The van der Waals surface area contributed by atoms with Gasteiger partial charge in [-0.15, -0.1) is 0 Å². The lowest BCUT2D eigenvalue weighted by molar-refractivity contribution is 0.352. The quantitative estimate of drug-likeness (QED) is 0.892. The molecule has 1 heterocycles. The molecule has 3 rings (SSSR count). The first kappa shape index (κ1) is 15.1. The SMILES string of the molecule is CC1Nc2ccccc2C1(CCCN(C)C)c1ccccc1. The first-order valence-corrected chi connectivity index (χ1v) is 8.21. The maximum atomic E-state index is 3.71. The van der Waals surface area contributed by atoms with Gasteiger partial charge >= 0.3 is 0 Å². The molecule has 1 aliphatic rings. The van der Waals surface area contributed by atoms with Crippen molar-refractivity contribution in [1.82, 2.24) is 4.90 Å². The lowest BCUT2D eigenvalue weighted by Gasteiger charge is -2.35. The van der Waals surface area contributed by atoms with Crippen LogP contribution in [-0.2, 0) is 5.41 Å². The Kier molecular flexibility index (Phi) is 4.21. The van der Waals surface area contributed by atoms with Crippen molar-refractivity contribution in [2.24, 2.45) is 0 Å². The topological polar surface area (TPSA) is 15.3 Å². The lowest BCUT2D eigenvalue weighted by atomic mass is 9.68. The Balaban J connectivity index is 2.04. The van der Waals surface area contributed by atoms with E-state index in [-0.39, 0.29) is 5.41 Å². The third kappa shape index (κ3) is 2.52. The van der Waals surface area contributed by atoms with Gasteiger partial charge in [0.25, 0.3) is 0 Å². The summed E-state index contributed by atoms with van der Waals surface area (Å²) in [6.45, 7) is 3.45. The van der Waals surface area contributed by atoms with E-state index in [1.165, 1.54) is 29.7 Å². The molecule has 116 valence electrons. The van der Waals surface area contributed by atoms with Crippen molar-refractivity contribution in [2.45, 2.75) is 31.2 Å². The molecule has 1 aliphatic heterocycles. The van der Waals surface area contributed by atoms with Crippen LogP contribution < -0.4 is 5.32 Å². The lowest BCUT2D eigenvalue weighted by Crippen LogP contribution is -2.38. The van der Waals surface area contributed by atoms with Gasteiger partial charge in [0.15, 0.2) is 0 Å². The van der Waals surface area contributed by atoms with E-state index in [9.17, 15) is 0 Å². The molecule has 0 amide bonds. The Bertz CT molecular complexity index is 621. The van der Waals surface area contributed by atoms with Crippen molar-refractivity contribution in [3.05, 3.63) is 65.7 Å². The van der Waals surface area contributed by atoms with Crippen molar-refractivity contribution < 1.29 is 0 Å². The van der Waals surface area contributed by atoms with Gasteiger partial charge in [-0.1, -0.05) is 48.5 Å². The molecule has 0 aromatic heterocycles. The summed E-state index contributed by atoms with van der Waals surface area (Å²) >= 11 is 0. The number of anilines is 1.